The van der Waals surface area contributed by atoms with E-state index in [0.29, 0.717) is 22.0 Å². The lowest BCUT2D eigenvalue weighted by atomic mass is 10.0. The summed E-state index contributed by atoms with van der Waals surface area (Å²) in [5, 5.41) is 15.0. The van der Waals surface area contributed by atoms with Gasteiger partial charge in [0.1, 0.15) is 11.8 Å². The van der Waals surface area contributed by atoms with Crippen LogP contribution in [0, 0.1) is 10.1 Å². The van der Waals surface area contributed by atoms with Crippen molar-refractivity contribution in [3.63, 3.8) is 0 Å². The van der Waals surface area contributed by atoms with E-state index in [9.17, 15) is 19.7 Å². The molecular formula is C29H31Cl2N3O6. The number of nitrogens with zero attached hydrogens (tertiary/aromatic N) is 2. The third kappa shape index (κ3) is 8.34. The van der Waals surface area contributed by atoms with Crippen LogP contribution in [-0.2, 0) is 22.6 Å². The smallest absolute Gasteiger partial charge is 0.311 e. The average molecular weight is 588 g/mol. The van der Waals surface area contributed by atoms with Crippen LogP contribution in [0.2, 0.25) is 10.0 Å². The normalized spacial score (nSPS) is 12.2. The molecular weight excluding hydrogens is 557 g/mol. The maximum atomic E-state index is 13.7. The lowest BCUT2D eigenvalue weighted by Gasteiger charge is -2.32. The first kappa shape index (κ1) is 30.7. The summed E-state index contributed by atoms with van der Waals surface area (Å²) < 4.78 is 10.8. The van der Waals surface area contributed by atoms with Crippen LogP contribution in [0.5, 0.6) is 11.5 Å². The fourth-order valence-electron chi connectivity index (χ4n) is 3.96. The van der Waals surface area contributed by atoms with Gasteiger partial charge in [-0.3, -0.25) is 19.7 Å². The summed E-state index contributed by atoms with van der Waals surface area (Å²) >= 11 is 12.5. The van der Waals surface area contributed by atoms with Crippen molar-refractivity contribution in [1.82, 2.24) is 10.2 Å². The van der Waals surface area contributed by atoms with Gasteiger partial charge in [-0.15, -0.1) is 0 Å². The molecule has 2 unspecified atom stereocenters. The number of carbonyl (C=O) groups is 2. The predicted octanol–water partition coefficient (Wildman–Crippen LogP) is 5.84. The van der Waals surface area contributed by atoms with E-state index in [1.54, 1.807) is 18.2 Å². The molecule has 0 aromatic heterocycles. The van der Waals surface area contributed by atoms with Crippen LogP contribution in [0.4, 0.5) is 5.69 Å². The largest absolute Gasteiger partial charge is 0.490 e. The highest BCUT2D eigenvalue weighted by atomic mass is 35.5. The Labute approximate surface area is 243 Å². The minimum Gasteiger partial charge on any atom is -0.490 e. The van der Waals surface area contributed by atoms with E-state index in [1.807, 2.05) is 44.2 Å². The fraction of sp³-hybridized carbons (Fsp3) is 0.310. The van der Waals surface area contributed by atoms with Crippen molar-refractivity contribution in [2.75, 3.05) is 13.7 Å². The van der Waals surface area contributed by atoms with Gasteiger partial charge in [0.15, 0.2) is 6.61 Å². The molecule has 3 aromatic rings. The molecule has 0 aliphatic rings. The highest BCUT2D eigenvalue weighted by Gasteiger charge is 2.32. The number of ether oxygens (including phenoxy) is 2. The molecule has 0 saturated heterocycles. The second-order valence-corrected chi connectivity index (χ2v) is 10.0. The number of nitro benzene ring substituents is 1. The van der Waals surface area contributed by atoms with E-state index in [2.05, 4.69) is 5.32 Å². The van der Waals surface area contributed by atoms with Crippen molar-refractivity contribution in [3.05, 3.63) is 98.0 Å². The van der Waals surface area contributed by atoms with E-state index in [-0.39, 0.29) is 42.1 Å². The number of methoxy groups -OCH3 is 1. The monoisotopic (exact) mass is 587 g/mol. The van der Waals surface area contributed by atoms with E-state index in [4.69, 9.17) is 32.7 Å². The van der Waals surface area contributed by atoms with Crippen LogP contribution < -0.4 is 14.8 Å². The number of hydrogen-bond acceptors (Lipinski definition) is 6. The van der Waals surface area contributed by atoms with Crippen LogP contribution in [0.15, 0.2) is 66.7 Å². The first-order valence-electron chi connectivity index (χ1n) is 12.7. The summed E-state index contributed by atoms with van der Waals surface area (Å²) in [6.45, 7) is 3.44. The lowest BCUT2D eigenvalue weighted by Crippen LogP contribution is -2.53. The van der Waals surface area contributed by atoms with Gasteiger partial charge in [0, 0.05) is 41.2 Å². The van der Waals surface area contributed by atoms with Gasteiger partial charge >= 0.3 is 5.69 Å². The quantitative estimate of drug-likeness (QED) is 0.198. The summed E-state index contributed by atoms with van der Waals surface area (Å²) in [6, 6.07) is 17.3. The van der Waals surface area contributed by atoms with Crippen LogP contribution in [0.3, 0.4) is 0 Å². The molecule has 3 aromatic carbocycles. The number of rotatable bonds is 13. The molecule has 2 amide bonds. The predicted molar refractivity (Wildman–Crippen MR) is 154 cm³/mol. The summed E-state index contributed by atoms with van der Waals surface area (Å²) in [6.07, 6.45) is 0.969. The summed E-state index contributed by atoms with van der Waals surface area (Å²) in [5.74, 6) is -0.601. The molecule has 40 heavy (non-hydrogen) atoms. The second-order valence-electron chi connectivity index (χ2n) is 9.16. The number of nitrogens with one attached hydrogen (secondary N) is 1. The van der Waals surface area contributed by atoms with E-state index in [1.165, 1.54) is 30.2 Å². The molecule has 212 valence electrons. The topological polar surface area (TPSA) is 111 Å². The van der Waals surface area contributed by atoms with Crippen LogP contribution >= 0.6 is 23.2 Å². The Morgan fingerprint density at radius 1 is 1.07 bits per heavy atom. The Bertz CT molecular complexity index is 1340. The molecule has 0 radical (unpaired) electrons. The fourth-order valence-corrected chi connectivity index (χ4v) is 4.42. The average Bonchev–Trinajstić information content (AvgIpc) is 2.94. The van der Waals surface area contributed by atoms with Gasteiger partial charge < -0.3 is 19.7 Å². The van der Waals surface area contributed by atoms with E-state index in [0.717, 1.165) is 5.56 Å². The Balaban J connectivity index is 1.95. The Morgan fingerprint density at radius 2 is 1.80 bits per heavy atom. The second kappa shape index (κ2) is 14.5. The molecule has 0 heterocycles. The van der Waals surface area contributed by atoms with Gasteiger partial charge in [-0.05, 0) is 42.7 Å². The minimum absolute atomic E-state index is 0.00497. The molecule has 9 nitrogen and oxygen atoms in total. The van der Waals surface area contributed by atoms with Crippen LogP contribution in [0.25, 0.3) is 0 Å². The molecule has 0 bridgehead atoms. The zero-order valence-electron chi connectivity index (χ0n) is 22.4. The molecule has 0 aliphatic heterocycles. The van der Waals surface area contributed by atoms with E-state index >= 15 is 0 Å². The van der Waals surface area contributed by atoms with Crippen LogP contribution in [0.1, 0.15) is 31.4 Å². The van der Waals surface area contributed by atoms with Crippen molar-refractivity contribution < 1.29 is 24.0 Å². The zero-order valence-corrected chi connectivity index (χ0v) is 23.9. The molecule has 1 N–H and O–H groups in total. The molecule has 3 rings (SSSR count). The highest BCUT2D eigenvalue weighted by molar-refractivity contribution is 6.35. The Kier molecular flexibility index (Phi) is 11.2. The van der Waals surface area contributed by atoms with Crippen molar-refractivity contribution >= 4 is 40.7 Å². The van der Waals surface area contributed by atoms with Gasteiger partial charge in [-0.1, -0.05) is 66.5 Å². The third-order valence-electron chi connectivity index (χ3n) is 6.34. The van der Waals surface area contributed by atoms with Gasteiger partial charge in [0.25, 0.3) is 5.91 Å². The summed E-state index contributed by atoms with van der Waals surface area (Å²) in [4.78, 5) is 39.4. The Hall–Kier alpha value is -3.82. The first-order chi connectivity index (χ1) is 19.1. The number of carbonyl (C=O) groups excluding carboxylic acids is 2. The first-order valence-corrected chi connectivity index (χ1v) is 13.4. The molecule has 0 spiro atoms. The zero-order chi connectivity index (χ0) is 29.2. The number of amides is 2. The van der Waals surface area contributed by atoms with Gasteiger partial charge in [0.2, 0.25) is 11.7 Å². The number of halogens is 2. The minimum atomic E-state index is -0.884. The van der Waals surface area contributed by atoms with Crippen molar-refractivity contribution in [3.8, 4) is 11.5 Å². The summed E-state index contributed by atoms with van der Waals surface area (Å²) in [5.41, 5.74) is 1.24. The SMILES string of the molecule is CCC(C)NC(=O)C(Cc1ccccc1)N(Cc1ccc(Cl)cc1Cl)C(=O)COc1ccc([N+](=O)[O-])c(OC)c1. The lowest BCUT2D eigenvalue weighted by molar-refractivity contribution is -0.385. The van der Waals surface area contributed by atoms with Gasteiger partial charge in [-0.25, -0.2) is 0 Å². The van der Waals surface area contributed by atoms with E-state index < -0.39 is 23.5 Å². The molecule has 11 heteroatoms. The molecule has 0 aliphatic carbocycles. The molecule has 0 fully saturated rings. The summed E-state index contributed by atoms with van der Waals surface area (Å²) in [7, 11) is 1.30. The van der Waals surface area contributed by atoms with Gasteiger partial charge in [0.05, 0.1) is 12.0 Å². The van der Waals surface area contributed by atoms with Crippen LogP contribution in [-0.4, -0.2) is 47.4 Å². The maximum absolute atomic E-state index is 13.7. The molecule has 0 saturated carbocycles. The number of hydrogen-bond donors (Lipinski definition) is 1. The highest BCUT2D eigenvalue weighted by Crippen LogP contribution is 2.31. The van der Waals surface area contributed by atoms with Gasteiger partial charge in [-0.2, -0.15) is 0 Å². The number of nitro groups is 1. The Morgan fingerprint density at radius 3 is 2.42 bits per heavy atom. The molecule has 2 atom stereocenters. The van der Waals surface area contributed by atoms with Crippen molar-refractivity contribution in [2.24, 2.45) is 0 Å². The van der Waals surface area contributed by atoms with Crippen molar-refractivity contribution in [2.45, 2.75) is 45.3 Å². The third-order valence-corrected chi connectivity index (χ3v) is 6.93. The number of benzene rings is 3. The standard InChI is InChI=1S/C29H31Cl2N3O6/c1-4-19(2)32-29(36)26(14-20-8-6-5-7-9-20)33(17-21-10-11-22(30)15-24(21)31)28(35)18-40-23-12-13-25(34(37)38)27(16-23)39-3/h5-13,15-16,19,26H,4,14,17-18H2,1-3H3,(H,32,36). The maximum Gasteiger partial charge on any atom is 0.311 e. The van der Waals surface area contributed by atoms with Crippen molar-refractivity contribution in [1.29, 1.82) is 0 Å².